The van der Waals surface area contributed by atoms with Gasteiger partial charge in [-0.25, -0.2) is 0 Å². The van der Waals surface area contributed by atoms with E-state index in [9.17, 15) is 4.79 Å². The molecule has 3 unspecified atom stereocenters. The van der Waals surface area contributed by atoms with Gasteiger partial charge in [0.05, 0.1) is 0 Å². The van der Waals surface area contributed by atoms with Crippen LogP contribution in [0.15, 0.2) is 35.3 Å². The molecule has 0 amide bonds. The van der Waals surface area contributed by atoms with E-state index in [1.807, 2.05) is 12.3 Å². The number of aromatic amines is 1. The van der Waals surface area contributed by atoms with Crippen molar-refractivity contribution in [2.24, 2.45) is 5.92 Å². The monoisotopic (exact) mass is 252 g/mol. The minimum atomic E-state index is -0.0251. The second-order valence-electron chi connectivity index (χ2n) is 4.79. The first-order valence-corrected chi connectivity index (χ1v) is 5.84. The van der Waals surface area contributed by atoms with Gasteiger partial charge in [0.2, 0.25) is 5.56 Å². The molecule has 2 aliphatic heterocycles. The maximum Gasteiger partial charge on any atom is 0.247 e. The molecule has 92 valence electrons. The molecule has 0 spiro atoms. The van der Waals surface area contributed by atoms with Crippen molar-refractivity contribution in [3.8, 4) is 0 Å². The van der Waals surface area contributed by atoms with E-state index in [-0.39, 0.29) is 18.0 Å². The van der Waals surface area contributed by atoms with E-state index >= 15 is 0 Å². The molecule has 3 heterocycles. The first kappa shape index (κ1) is 12.4. The largest absolute Gasteiger partial charge is 0.329 e. The average Bonchev–Trinajstić information content (AvgIpc) is 2.32. The standard InChI is InChI=1S/C13H16N2O.ClH/c1-15-11-5-2-9(3-6-11)13(15)10-4-7-12(16)14-8-10;/h2,4-5,7-9,11,13H,3,6H2,1H3,(H,14,16);1H. The van der Waals surface area contributed by atoms with E-state index in [2.05, 4.69) is 29.1 Å². The van der Waals surface area contributed by atoms with E-state index in [1.165, 1.54) is 18.4 Å². The Hall–Kier alpha value is -1.06. The average molecular weight is 253 g/mol. The number of likely N-dealkylation sites (N-methyl/N-ethyl adjacent to an activating group) is 1. The summed E-state index contributed by atoms with van der Waals surface area (Å²) in [5.41, 5.74) is 1.20. The quantitative estimate of drug-likeness (QED) is 0.778. The number of hydrogen-bond donors (Lipinski definition) is 1. The first-order valence-electron chi connectivity index (χ1n) is 5.84. The van der Waals surface area contributed by atoms with Crippen molar-refractivity contribution in [1.29, 1.82) is 0 Å². The van der Waals surface area contributed by atoms with Gasteiger partial charge >= 0.3 is 0 Å². The maximum absolute atomic E-state index is 11.1. The van der Waals surface area contributed by atoms with Crippen LogP contribution in [-0.2, 0) is 0 Å². The zero-order valence-corrected chi connectivity index (χ0v) is 10.6. The molecular formula is C13H17ClN2O. The van der Waals surface area contributed by atoms with Crippen LogP contribution in [0, 0.1) is 5.92 Å². The molecule has 1 aliphatic carbocycles. The number of nitrogens with zero attached hydrogens (tertiary/aromatic N) is 1. The Balaban J connectivity index is 0.00000108. The summed E-state index contributed by atoms with van der Waals surface area (Å²) in [6.07, 6.45) is 9.03. The summed E-state index contributed by atoms with van der Waals surface area (Å²) in [6, 6.07) is 4.58. The lowest BCUT2D eigenvalue weighted by molar-refractivity contribution is 0.0923. The van der Waals surface area contributed by atoms with Crippen LogP contribution in [0.4, 0.5) is 0 Å². The van der Waals surface area contributed by atoms with Crippen LogP contribution < -0.4 is 5.56 Å². The molecule has 0 saturated carbocycles. The molecule has 3 nitrogen and oxygen atoms in total. The number of piperidine rings is 1. The Morgan fingerprint density at radius 1 is 1.29 bits per heavy atom. The van der Waals surface area contributed by atoms with Crippen LogP contribution in [-0.4, -0.2) is 23.0 Å². The summed E-state index contributed by atoms with van der Waals surface area (Å²) in [5.74, 6) is 0.598. The first-order chi connectivity index (χ1) is 7.75. The van der Waals surface area contributed by atoms with Gasteiger partial charge in [0, 0.05) is 24.3 Å². The normalized spacial score (nSPS) is 31.2. The molecule has 1 saturated heterocycles. The second kappa shape index (κ2) is 4.67. The van der Waals surface area contributed by atoms with Gasteiger partial charge in [0.1, 0.15) is 0 Å². The number of nitrogens with one attached hydrogen (secondary N) is 1. The van der Waals surface area contributed by atoms with E-state index in [4.69, 9.17) is 0 Å². The number of hydrogen-bond acceptors (Lipinski definition) is 2. The third-order valence-electron chi connectivity index (χ3n) is 3.89. The molecular weight excluding hydrogens is 236 g/mol. The molecule has 0 radical (unpaired) electrons. The van der Waals surface area contributed by atoms with Crippen molar-refractivity contribution in [1.82, 2.24) is 9.88 Å². The van der Waals surface area contributed by atoms with Gasteiger partial charge in [0.15, 0.2) is 0 Å². The van der Waals surface area contributed by atoms with Crippen molar-refractivity contribution in [3.63, 3.8) is 0 Å². The molecule has 3 aliphatic rings. The Kier molecular flexibility index (Phi) is 3.40. The van der Waals surface area contributed by atoms with Crippen LogP contribution in [0.3, 0.4) is 0 Å². The molecule has 4 rings (SSSR count). The molecule has 1 fully saturated rings. The highest BCUT2D eigenvalue weighted by atomic mass is 35.5. The second-order valence-corrected chi connectivity index (χ2v) is 4.79. The van der Waals surface area contributed by atoms with Crippen molar-refractivity contribution in [2.45, 2.75) is 24.9 Å². The minimum Gasteiger partial charge on any atom is -0.329 e. The lowest BCUT2D eigenvalue weighted by atomic mass is 9.78. The lowest BCUT2D eigenvalue weighted by Gasteiger charge is -2.46. The Labute approximate surface area is 107 Å². The predicted octanol–water partition coefficient (Wildman–Crippen LogP) is 2.12. The fourth-order valence-corrected chi connectivity index (χ4v) is 3.03. The van der Waals surface area contributed by atoms with Crippen LogP contribution >= 0.6 is 12.4 Å². The highest BCUT2D eigenvalue weighted by Gasteiger charge is 2.36. The number of H-pyrrole nitrogens is 1. The highest BCUT2D eigenvalue weighted by Crippen LogP contribution is 2.42. The SMILES string of the molecule is CN1C2C=CC(CC2)C1c1ccc(=O)[nH]c1.Cl. The smallest absolute Gasteiger partial charge is 0.247 e. The number of rotatable bonds is 1. The molecule has 1 aromatic rings. The van der Waals surface area contributed by atoms with E-state index in [1.54, 1.807) is 6.07 Å². The topological polar surface area (TPSA) is 36.1 Å². The van der Waals surface area contributed by atoms with Gasteiger partial charge in [-0.3, -0.25) is 9.69 Å². The Morgan fingerprint density at radius 2 is 2.12 bits per heavy atom. The zero-order chi connectivity index (χ0) is 11.1. The van der Waals surface area contributed by atoms with Crippen LogP contribution in [0.1, 0.15) is 24.4 Å². The summed E-state index contributed by atoms with van der Waals surface area (Å²) in [7, 11) is 2.18. The van der Waals surface area contributed by atoms with E-state index in [0.717, 1.165) is 0 Å². The Bertz CT molecular complexity index is 462. The van der Waals surface area contributed by atoms with E-state index < -0.39 is 0 Å². The van der Waals surface area contributed by atoms with Crippen molar-refractivity contribution in [2.75, 3.05) is 7.05 Å². The summed E-state index contributed by atoms with van der Waals surface area (Å²) in [4.78, 5) is 16.3. The van der Waals surface area contributed by atoms with Crippen molar-refractivity contribution >= 4 is 12.4 Å². The lowest BCUT2D eigenvalue weighted by Crippen LogP contribution is -2.45. The Morgan fingerprint density at radius 3 is 2.65 bits per heavy atom. The van der Waals surface area contributed by atoms with Gasteiger partial charge < -0.3 is 4.98 Å². The fourth-order valence-electron chi connectivity index (χ4n) is 3.03. The molecule has 17 heavy (non-hydrogen) atoms. The summed E-state index contributed by atoms with van der Waals surface area (Å²) in [5, 5.41) is 0. The van der Waals surface area contributed by atoms with Gasteiger partial charge in [-0.1, -0.05) is 18.2 Å². The van der Waals surface area contributed by atoms with E-state index in [0.29, 0.717) is 18.0 Å². The number of halogens is 1. The summed E-state index contributed by atoms with van der Waals surface area (Å²) in [6.45, 7) is 0. The molecule has 3 atom stereocenters. The van der Waals surface area contributed by atoms with Crippen LogP contribution in [0.2, 0.25) is 0 Å². The van der Waals surface area contributed by atoms with Gasteiger partial charge in [-0.15, -0.1) is 12.4 Å². The molecule has 4 heteroatoms. The molecule has 1 aromatic heterocycles. The van der Waals surface area contributed by atoms with Crippen molar-refractivity contribution < 1.29 is 0 Å². The number of fused-ring (bicyclic) bond motifs is 2. The predicted molar refractivity (Wildman–Crippen MR) is 70.5 cm³/mol. The van der Waals surface area contributed by atoms with Gasteiger partial charge in [-0.05, 0) is 31.4 Å². The van der Waals surface area contributed by atoms with Crippen LogP contribution in [0.5, 0.6) is 0 Å². The fraction of sp³-hybridized carbons (Fsp3) is 0.462. The third-order valence-corrected chi connectivity index (χ3v) is 3.89. The minimum absolute atomic E-state index is 0. The number of aromatic nitrogens is 1. The third kappa shape index (κ3) is 2.05. The number of pyridine rings is 1. The molecule has 2 bridgehead atoms. The maximum atomic E-state index is 11.1. The summed E-state index contributed by atoms with van der Waals surface area (Å²) < 4.78 is 0. The molecule has 1 N–H and O–H groups in total. The zero-order valence-electron chi connectivity index (χ0n) is 9.80. The van der Waals surface area contributed by atoms with Crippen molar-refractivity contribution in [3.05, 3.63) is 46.4 Å². The van der Waals surface area contributed by atoms with Gasteiger partial charge in [0.25, 0.3) is 0 Å². The highest BCUT2D eigenvalue weighted by molar-refractivity contribution is 5.85. The summed E-state index contributed by atoms with van der Waals surface area (Å²) >= 11 is 0. The van der Waals surface area contributed by atoms with Crippen LogP contribution in [0.25, 0.3) is 0 Å². The van der Waals surface area contributed by atoms with Gasteiger partial charge in [-0.2, -0.15) is 0 Å². The molecule has 0 aromatic carbocycles.